The van der Waals surface area contributed by atoms with Gasteiger partial charge in [-0.25, -0.2) is 0 Å². The molecule has 0 fully saturated rings. The molecule has 0 radical (unpaired) electrons. The summed E-state index contributed by atoms with van der Waals surface area (Å²) in [5.74, 6) is 0.421. The normalized spacial score (nSPS) is 11.4. The van der Waals surface area contributed by atoms with Crippen molar-refractivity contribution >= 4 is 67.6 Å². The molecule has 0 spiro atoms. The number of rotatable bonds is 5. The van der Waals surface area contributed by atoms with E-state index < -0.39 is 5.54 Å². The van der Waals surface area contributed by atoms with E-state index in [9.17, 15) is 4.79 Å². The van der Waals surface area contributed by atoms with Crippen molar-refractivity contribution in [3.8, 4) is 0 Å². The number of hydrogen-bond acceptors (Lipinski definition) is 1. The third-order valence-corrected chi connectivity index (χ3v) is 5.13. The summed E-state index contributed by atoms with van der Waals surface area (Å²) in [4.78, 5) is 12.2. The molecular formula is C12H13BrCl2INO. The lowest BCUT2D eigenvalue weighted by Crippen LogP contribution is -2.51. The molecule has 0 atom stereocenters. The predicted molar refractivity (Wildman–Crippen MR) is 88.8 cm³/mol. The van der Waals surface area contributed by atoms with Gasteiger partial charge in [-0.1, -0.05) is 6.92 Å². The maximum Gasteiger partial charge on any atom is 0.252 e. The Labute approximate surface area is 139 Å². The van der Waals surface area contributed by atoms with Gasteiger partial charge in [0.25, 0.3) is 5.91 Å². The van der Waals surface area contributed by atoms with E-state index in [1.807, 2.05) is 25.1 Å². The Bertz CT molecular complexity index is 430. The van der Waals surface area contributed by atoms with Gasteiger partial charge >= 0.3 is 0 Å². The second-order valence-corrected chi connectivity index (χ2v) is 6.61. The molecule has 0 aliphatic carbocycles. The Kier molecular flexibility index (Phi) is 6.72. The topological polar surface area (TPSA) is 29.1 Å². The molecule has 0 aliphatic rings. The number of alkyl halides is 2. The van der Waals surface area contributed by atoms with Crippen molar-refractivity contribution in [2.24, 2.45) is 0 Å². The standard InChI is InChI=1S/C12H13BrCl2INO/c1-2-12(6-14,7-15)17-11(18)9-5-8(16)3-4-10(9)13/h3-5H,2,6-7H2,1H3,(H,17,18). The van der Waals surface area contributed by atoms with Crippen molar-refractivity contribution in [3.63, 3.8) is 0 Å². The zero-order valence-corrected chi connectivity index (χ0v) is 15.0. The number of hydrogen-bond donors (Lipinski definition) is 1. The molecule has 0 saturated carbocycles. The first-order chi connectivity index (χ1) is 8.48. The van der Waals surface area contributed by atoms with E-state index in [2.05, 4.69) is 43.8 Å². The predicted octanol–water partition coefficient (Wildman–Crippen LogP) is 4.41. The van der Waals surface area contributed by atoms with Gasteiger partial charge in [0.1, 0.15) is 0 Å². The van der Waals surface area contributed by atoms with Crippen LogP contribution in [0.4, 0.5) is 0 Å². The van der Waals surface area contributed by atoms with Crippen LogP contribution in [0.5, 0.6) is 0 Å². The highest BCUT2D eigenvalue weighted by Gasteiger charge is 2.29. The van der Waals surface area contributed by atoms with Crippen LogP contribution in [0.3, 0.4) is 0 Å². The molecular weight excluding hydrogens is 452 g/mol. The van der Waals surface area contributed by atoms with E-state index in [4.69, 9.17) is 23.2 Å². The van der Waals surface area contributed by atoms with Gasteiger partial charge in [-0.2, -0.15) is 0 Å². The maximum atomic E-state index is 12.2. The van der Waals surface area contributed by atoms with Gasteiger partial charge in [0, 0.05) is 19.8 Å². The number of carbonyl (C=O) groups is 1. The fourth-order valence-corrected chi connectivity index (χ4v) is 3.07. The van der Waals surface area contributed by atoms with Gasteiger partial charge in [0.15, 0.2) is 0 Å². The second kappa shape index (κ2) is 7.31. The fourth-order valence-electron chi connectivity index (χ4n) is 1.36. The highest BCUT2D eigenvalue weighted by atomic mass is 127. The molecule has 0 saturated heterocycles. The Morgan fingerprint density at radius 3 is 2.56 bits per heavy atom. The zero-order valence-electron chi connectivity index (χ0n) is 9.77. The van der Waals surface area contributed by atoms with Crippen molar-refractivity contribution < 1.29 is 4.79 Å². The highest BCUT2D eigenvalue weighted by Crippen LogP contribution is 2.22. The number of amides is 1. The van der Waals surface area contributed by atoms with Crippen LogP contribution >= 0.6 is 61.7 Å². The Morgan fingerprint density at radius 2 is 2.06 bits per heavy atom. The maximum absolute atomic E-state index is 12.2. The van der Waals surface area contributed by atoms with Crippen molar-refractivity contribution in [3.05, 3.63) is 31.8 Å². The quantitative estimate of drug-likeness (QED) is 0.507. The first-order valence-corrected chi connectivity index (χ1v) is 8.31. The Balaban J connectivity index is 2.97. The monoisotopic (exact) mass is 463 g/mol. The summed E-state index contributed by atoms with van der Waals surface area (Å²) >= 11 is 17.4. The first-order valence-electron chi connectivity index (χ1n) is 5.37. The van der Waals surface area contributed by atoms with E-state index in [1.165, 1.54) is 0 Å². The van der Waals surface area contributed by atoms with E-state index >= 15 is 0 Å². The lowest BCUT2D eigenvalue weighted by molar-refractivity contribution is 0.0912. The van der Waals surface area contributed by atoms with E-state index in [1.54, 1.807) is 0 Å². The van der Waals surface area contributed by atoms with Crippen LogP contribution in [0.1, 0.15) is 23.7 Å². The minimum absolute atomic E-state index is 0.163. The first kappa shape index (κ1) is 16.5. The number of halogens is 4. The third kappa shape index (κ3) is 3.99. The summed E-state index contributed by atoms with van der Waals surface area (Å²) in [7, 11) is 0. The third-order valence-electron chi connectivity index (χ3n) is 2.74. The summed E-state index contributed by atoms with van der Waals surface area (Å²) in [5.41, 5.74) is 0.0379. The smallest absolute Gasteiger partial charge is 0.252 e. The van der Waals surface area contributed by atoms with Crippen molar-refractivity contribution in [2.75, 3.05) is 11.8 Å². The zero-order chi connectivity index (χ0) is 13.8. The van der Waals surface area contributed by atoms with Gasteiger partial charge in [-0.3, -0.25) is 4.79 Å². The Morgan fingerprint density at radius 1 is 1.44 bits per heavy atom. The minimum Gasteiger partial charge on any atom is -0.344 e. The lowest BCUT2D eigenvalue weighted by atomic mass is 10.0. The van der Waals surface area contributed by atoms with Crippen LogP contribution in [-0.2, 0) is 0 Å². The number of benzene rings is 1. The molecule has 1 amide bonds. The van der Waals surface area contributed by atoms with Gasteiger partial charge in [-0.15, -0.1) is 23.2 Å². The molecule has 0 bridgehead atoms. The van der Waals surface area contributed by atoms with Gasteiger partial charge < -0.3 is 5.32 Å². The molecule has 0 aliphatic heterocycles. The second-order valence-electron chi connectivity index (χ2n) is 3.98. The summed E-state index contributed by atoms with van der Waals surface area (Å²) in [6, 6.07) is 5.60. The summed E-state index contributed by atoms with van der Waals surface area (Å²) in [6.07, 6.45) is 0.688. The summed E-state index contributed by atoms with van der Waals surface area (Å²) in [5, 5.41) is 2.93. The van der Waals surface area contributed by atoms with Gasteiger partial charge in [0.2, 0.25) is 0 Å². The molecule has 0 heterocycles. The molecule has 6 heteroatoms. The van der Waals surface area contributed by atoms with E-state index in [-0.39, 0.29) is 5.91 Å². The minimum atomic E-state index is -0.555. The molecule has 1 aromatic rings. The highest BCUT2D eigenvalue weighted by molar-refractivity contribution is 14.1. The van der Waals surface area contributed by atoms with E-state index in [0.29, 0.717) is 23.7 Å². The molecule has 0 unspecified atom stereocenters. The van der Waals surface area contributed by atoms with Crippen LogP contribution in [0.15, 0.2) is 22.7 Å². The average molecular weight is 465 g/mol. The molecule has 0 aromatic heterocycles. The van der Waals surface area contributed by atoms with Crippen LogP contribution in [0.25, 0.3) is 0 Å². The summed E-state index contributed by atoms with van der Waals surface area (Å²) in [6.45, 7) is 1.95. The van der Waals surface area contributed by atoms with Crippen molar-refractivity contribution in [1.29, 1.82) is 0 Å². The van der Waals surface area contributed by atoms with Gasteiger partial charge in [0.05, 0.1) is 11.1 Å². The van der Waals surface area contributed by atoms with Crippen LogP contribution in [0.2, 0.25) is 0 Å². The van der Waals surface area contributed by atoms with Crippen LogP contribution in [-0.4, -0.2) is 23.2 Å². The van der Waals surface area contributed by atoms with Gasteiger partial charge in [-0.05, 0) is 63.1 Å². The van der Waals surface area contributed by atoms with Crippen molar-refractivity contribution in [1.82, 2.24) is 5.32 Å². The largest absolute Gasteiger partial charge is 0.344 e. The molecule has 2 nitrogen and oxygen atoms in total. The number of carbonyl (C=O) groups excluding carboxylic acids is 1. The van der Waals surface area contributed by atoms with Crippen molar-refractivity contribution in [2.45, 2.75) is 18.9 Å². The number of nitrogens with one attached hydrogen (secondary N) is 1. The van der Waals surface area contributed by atoms with E-state index in [0.717, 1.165) is 8.04 Å². The summed E-state index contributed by atoms with van der Waals surface area (Å²) < 4.78 is 1.76. The molecule has 100 valence electrons. The molecule has 1 N–H and O–H groups in total. The molecule has 18 heavy (non-hydrogen) atoms. The molecule has 1 aromatic carbocycles. The molecule has 1 rings (SSSR count). The van der Waals surface area contributed by atoms with Crippen LogP contribution < -0.4 is 5.32 Å². The average Bonchev–Trinajstić information content (AvgIpc) is 2.38. The Hall–Kier alpha value is 0.480. The SMILES string of the molecule is CCC(CCl)(CCl)NC(=O)c1cc(I)ccc1Br. The van der Waals surface area contributed by atoms with Crippen LogP contribution in [0, 0.1) is 3.57 Å². The lowest BCUT2D eigenvalue weighted by Gasteiger charge is -2.29. The fraction of sp³-hybridized carbons (Fsp3) is 0.417.